The van der Waals surface area contributed by atoms with Crippen LogP contribution in [0.25, 0.3) is 0 Å². The van der Waals surface area contributed by atoms with Gasteiger partial charge in [-0.2, -0.15) is 0 Å². The van der Waals surface area contributed by atoms with Gasteiger partial charge in [0.15, 0.2) is 0 Å². The molecule has 108 valence electrons. The van der Waals surface area contributed by atoms with Gasteiger partial charge >= 0.3 is 0 Å². The van der Waals surface area contributed by atoms with E-state index in [9.17, 15) is 4.79 Å². The van der Waals surface area contributed by atoms with Gasteiger partial charge in [-0.1, -0.05) is 11.6 Å². The average molecular weight is 358 g/mol. The first-order valence-corrected chi connectivity index (χ1v) is 8.30. The lowest BCUT2D eigenvalue weighted by molar-refractivity contribution is 0.0780. The number of likely N-dealkylation sites (tertiary alicyclic amines) is 2. The van der Waals surface area contributed by atoms with E-state index < -0.39 is 0 Å². The Labute approximate surface area is 133 Å². The third-order valence-electron chi connectivity index (χ3n) is 4.27. The van der Waals surface area contributed by atoms with Gasteiger partial charge in [0, 0.05) is 29.2 Å². The second kappa shape index (κ2) is 6.04. The fourth-order valence-corrected chi connectivity index (χ4v) is 3.64. The zero-order valence-electron chi connectivity index (χ0n) is 11.3. The summed E-state index contributed by atoms with van der Waals surface area (Å²) in [7, 11) is 0. The molecule has 0 spiro atoms. The standard InChI is InChI=1S/C15H18BrClN2O/c16-13-9-11(3-4-14(13)17)15(20)19-8-5-12(10-19)18-6-1-2-7-18/h3-4,9,12H,1-2,5-8,10H2. The first-order chi connectivity index (χ1) is 9.65. The lowest BCUT2D eigenvalue weighted by Crippen LogP contribution is -2.37. The summed E-state index contributed by atoms with van der Waals surface area (Å²) in [6.45, 7) is 4.11. The van der Waals surface area contributed by atoms with E-state index in [0.29, 0.717) is 16.6 Å². The Morgan fingerprint density at radius 2 is 2.00 bits per heavy atom. The van der Waals surface area contributed by atoms with Crippen molar-refractivity contribution < 1.29 is 4.79 Å². The molecule has 0 radical (unpaired) electrons. The van der Waals surface area contributed by atoms with Crippen molar-refractivity contribution in [3.05, 3.63) is 33.3 Å². The summed E-state index contributed by atoms with van der Waals surface area (Å²) in [5, 5.41) is 0.637. The molecule has 0 aromatic heterocycles. The van der Waals surface area contributed by atoms with Crippen LogP contribution in [0.1, 0.15) is 29.6 Å². The molecule has 5 heteroatoms. The number of nitrogens with zero attached hydrogens (tertiary/aromatic N) is 2. The molecule has 1 unspecified atom stereocenters. The van der Waals surface area contributed by atoms with E-state index in [1.165, 1.54) is 25.9 Å². The average Bonchev–Trinajstić information content (AvgIpc) is 3.11. The van der Waals surface area contributed by atoms with E-state index in [2.05, 4.69) is 20.8 Å². The van der Waals surface area contributed by atoms with E-state index in [-0.39, 0.29) is 5.91 Å². The molecule has 3 nitrogen and oxygen atoms in total. The number of carbonyl (C=O) groups is 1. The molecule has 2 heterocycles. The minimum absolute atomic E-state index is 0.115. The lowest BCUT2D eigenvalue weighted by atomic mass is 10.2. The van der Waals surface area contributed by atoms with Gasteiger partial charge in [-0.3, -0.25) is 9.69 Å². The number of rotatable bonds is 2. The highest BCUT2D eigenvalue weighted by Crippen LogP contribution is 2.26. The second-order valence-electron chi connectivity index (χ2n) is 5.57. The van der Waals surface area contributed by atoms with Gasteiger partial charge in [-0.25, -0.2) is 0 Å². The van der Waals surface area contributed by atoms with E-state index in [1.54, 1.807) is 12.1 Å². The number of halogens is 2. The molecule has 0 N–H and O–H groups in total. The Kier molecular flexibility index (Phi) is 4.34. The predicted octanol–water partition coefficient (Wildman–Crippen LogP) is 3.41. The molecule has 2 saturated heterocycles. The van der Waals surface area contributed by atoms with E-state index in [0.717, 1.165) is 24.0 Å². The van der Waals surface area contributed by atoms with Crippen LogP contribution in [0.4, 0.5) is 0 Å². The van der Waals surface area contributed by atoms with Crippen LogP contribution < -0.4 is 0 Å². The van der Waals surface area contributed by atoms with Crippen LogP contribution in [0.5, 0.6) is 0 Å². The normalized spacial score (nSPS) is 23.5. The number of hydrogen-bond donors (Lipinski definition) is 0. The van der Waals surface area contributed by atoms with Gasteiger partial charge in [0.1, 0.15) is 0 Å². The van der Waals surface area contributed by atoms with E-state index in [1.807, 2.05) is 11.0 Å². The monoisotopic (exact) mass is 356 g/mol. The summed E-state index contributed by atoms with van der Waals surface area (Å²) in [6, 6.07) is 5.94. The molecular formula is C15H18BrClN2O. The molecule has 0 aliphatic carbocycles. The fourth-order valence-electron chi connectivity index (χ4n) is 3.14. The molecule has 1 amide bonds. The quantitative estimate of drug-likeness (QED) is 0.810. The largest absolute Gasteiger partial charge is 0.337 e. The first kappa shape index (κ1) is 14.4. The molecule has 0 saturated carbocycles. The van der Waals surface area contributed by atoms with Crippen LogP contribution in [0.15, 0.2) is 22.7 Å². The SMILES string of the molecule is O=C(c1ccc(Cl)c(Br)c1)N1CCC(N2CCCC2)C1. The summed E-state index contributed by atoms with van der Waals surface area (Å²) in [6.07, 6.45) is 3.70. The van der Waals surface area contributed by atoms with Gasteiger partial charge in [0.05, 0.1) is 5.02 Å². The van der Waals surface area contributed by atoms with Crippen LogP contribution in [0.2, 0.25) is 5.02 Å². The maximum absolute atomic E-state index is 12.5. The van der Waals surface area contributed by atoms with Crippen molar-refractivity contribution in [2.24, 2.45) is 0 Å². The van der Waals surface area contributed by atoms with Crippen molar-refractivity contribution in [3.8, 4) is 0 Å². The lowest BCUT2D eigenvalue weighted by Gasteiger charge is -2.23. The summed E-state index contributed by atoms with van der Waals surface area (Å²) in [5.74, 6) is 0.115. The van der Waals surface area contributed by atoms with E-state index in [4.69, 9.17) is 11.6 Å². The second-order valence-corrected chi connectivity index (χ2v) is 6.83. The number of amides is 1. The highest BCUT2D eigenvalue weighted by Gasteiger charge is 2.31. The molecular weight excluding hydrogens is 340 g/mol. The topological polar surface area (TPSA) is 23.6 Å². The minimum Gasteiger partial charge on any atom is -0.337 e. The van der Waals surface area contributed by atoms with Crippen LogP contribution >= 0.6 is 27.5 Å². The molecule has 1 aromatic rings. The Morgan fingerprint density at radius 3 is 2.70 bits per heavy atom. The summed E-state index contributed by atoms with van der Waals surface area (Å²) in [4.78, 5) is 17.0. The zero-order valence-corrected chi connectivity index (χ0v) is 13.7. The summed E-state index contributed by atoms with van der Waals surface area (Å²) >= 11 is 9.35. The van der Waals surface area contributed by atoms with Crippen molar-refractivity contribution in [2.45, 2.75) is 25.3 Å². The van der Waals surface area contributed by atoms with Gasteiger partial charge in [0.25, 0.3) is 5.91 Å². The summed E-state index contributed by atoms with van der Waals surface area (Å²) in [5.41, 5.74) is 0.711. The number of carbonyl (C=O) groups excluding carboxylic acids is 1. The van der Waals surface area contributed by atoms with Crippen molar-refractivity contribution in [3.63, 3.8) is 0 Å². The Balaban J connectivity index is 1.67. The maximum atomic E-state index is 12.5. The van der Waals surface area contributed by atoms with Crippen molar-refractivity contribution in [1.82, 2.24) is 9.80 Å². The molecule has 1 atom stereocenters. The molecule has 1 aromatic carbocycles. The molecule has 0 bridgehead atoms. The van der Waals surface area contributed by atoms with Gasteiger partial charge in [0.2, 0.25) is 0 Å². The number of benzene rings is 1. The van der Waals surface area contributed by atoms with Gasteiger partial charge < -0.3 is 4.90 Å². The Hall–Kier alpha value is -0.580. The third-order valence-corrected chi connectivity index (χ3v) is 5.49. The van der Waals surface area contributed by atoms with Crippen molar-refractivity contribution in [2.75, 3.05) is 26.2 Å². The van der Waals surface area contributed by atoms with Crippen LogP contribution in [0, 0.1) is 0 Å². The van der Waals surface area contributed by atoms with Gasteiger partial charge in [-0.15, -0.1) is 0 Å². The smallest absolute Gasteiger partial charge is 0.253 e. The van der Waals surface area contributed by atoms with Crippen LogP contribution in [-0.2, 0) is 0 Å². The molecule has 2 aliphatic rings. The maximum Gasteiger partial charge on any atom is 0.253 e. The summed E-state index contributed by atoms with van der Waals surface area (Å²) < 4.78 is 0.778. The minimum atomic E-state index is 0.115. The first-order valence-electron chi connectivity index (χ1n) is 7.13. The molecule has 2 aliphatic heterocycles. The molecule has 2 fully saturated rings. The van der Waals surface area contributed by atoms with Gasteiger partial charge in [-0.05, 0) is 66.5 Å². The highest BCUT2D eigenvalue weighted by molar-refractivity contribution is 9.10. The molecule has 3 rings (SSSR count). The van der Waals surface area contributed by atoms with Crippen molar-refractivity contribution in [1.29, 1.82) is 0 Å². The van der Waals surface area contributed by atoms with E-state index >= 15 is 0 Å². The van der Waals surface area contributed by atoms with Crippen molar-refractivity contribution >= 4 is 33.4 Å². The van der Waals surface area contributed by atoms with Crippen LogP contribution in [-0.4, -0.2) is 47.9 Å². The number of hydrogen-bond acceptors (Lipinski definition) is 2. The fraction of sp³-hybridized carbons (Fsp3) is 0.533. The Morgan fingerprint density at radius 1 is 1.25 bits per heavy atom. The third kappa shape index (κ3) is 2.87. The Bertz CT molecular complexity index is 517. The highest BCUT2D eigenvalue weighted by atomic mass is 79.9. The predicted molar refractivity (Wildman–Crippen MR) is 84.3 cm³/mol. The van der Waals surface area contributed by atoms with Crippen LogP contribution in [0.3, 0.4) is 0 Å². The molecule has 20 heavy (non-hydrogen) atoms. The zero-order chi connectivity index (χ0) is 14.1.